The fourth-order valence-electron chi connectivity index (χ4n) is 1.60. The summed E-state index contributed by atoms with van der Waals surface area (Å²) in [6.45, 7) is 3.70. The van der Waals surface area contributed by atoms with Crippen LogP contribution in [-0.4, -0.2) is 0 Å². The van der Waals surface area contributed by atoms with Crippen molar-refractivity contribution >= 4 is 17.0 Å². The molecule has 1 aromatic heterocycles. The predicted molar refractivity (Wildman–Crippen MR) is 63.4 cm³/mol. The molecule has 0 aliphatic rings. The van der Waals surface area contributed by atoms with E-state index in [0.717, 1.165) is 16.5 Å². The summed E-state index contributed by atoms with van der Waals surface area (Å²) in [6.07, 6.45) is 7.00. The van der Waals surface area contributed by atoms with Gasteiger partial charge in [0.25, 0.3) is 0 Å². The van der Waals surface area contributed by atoms with Gasteiger partial charge in [-0.05, 0) is 26.0 Å². The van der Waals surface area contributed by atoms with E-state index in [9.17, 15) is 4.39 Å². The largest absolute Gasteiger partial charge is 0.453 e. The molecule has 0 saturated heterocycles. The fraction of sp³-hybridized carbons (Fsp3) is 0.143. The second kappa shape index (κ2) is 3.86. The Balaban J connectivity index is 2.71. The Bertz CT molecular complexity index is 611. The summed E-state index contributed by atoms with van der Waals surface area (Å²) >= 11 is 0. The molecule has 0 aliphatic heterocycles. The maximum Gasteiger partial charge on any atom is 0.170 e. The van der Waals surface area contributed by atoms with E-state index >= 15 is 0 Å². The number of halogens is 1. The molecule has 0 N–H and O–H groups in total. The second-order valence-corrected chi connectivity index (χ2v) is 3.68. The third kappa shape index (κ3) is 1.61. The van der Waals surface area contributed by atoms with Crippen LogP contribution in [0.25, 0.3) is 17.0 Å². The van der Waals surface area contributed by atoms with Crippen molar-refractivity contribution in [2.75, 3.05) is 0 Å². The molecule has 0 amide bonds. The SMILES string of the molecule is C#C/C(C)=C\c1oc2c(F)cccc2c1C. The zero-order valence-corrected chi connectivity index (χ0v) is 9.17. The molecule has 0 atom stereocenters. The normalized spacial score (nSPS) is 11.8. The molecule has 1 nitrogen and oxygen atoms in total. The van der Waals surface area contributed by atoms with Crippen molar-refractivity contribution in [3.8, 4) is 12.3 Å². The lowest BCUT2D eigenvalue weighted by Gasteiger charge is -1.89. The molecule has 0 unspecified atom stereocenters. The minimum absolute atomic E-state index is 0.288. The molecule has 0 radical (unpaired) electrons. The first-order valence-corrected chi connectivity index (χ1v) is 4.96. The van der Waals surface area contributed by atoms with E-state index in [-0.39, 0.29) is 11.4 Å². The Kier molecular flexibility index (Phi) is 2.54. The maximum atomic E-state index is 13.4. The van der Waals surface area contributed by atoms with Gasteiger partial charge in [0.2, 0.25) is 0 Å². The van der Waals surface area contributed by atoms with Crippen LogP contribution in [0.2, 0.25) is 0 Å². The number of terminal acetylenes is 1. The highest BCUT2D eigenvalue weighted by atomic mass is 19.1. The number of aryl methyl sites for hydroxylation is 1. The molecule has 2 heteroatoms. The first-order valence-electron chi connectivity index (χ1n) is 4.96. The summed E-state index contributed by atoms with van der Waals surface area (Å²) in [5.74, 6) is 2.78. The summed E-state index contributed by atoms with van der Waals surface area (Å²) in [7, 11) is 0. The van der Waals surface area contributed by atoms with Gasteiger partial charge in [-0.15, -0.1) is 6.42 Å². The van der Waals surface area contributed by atoms with E-state index < -0.39 is 0 Å². The van der Waals surface area contributed by atoms with Gasteiger partial charge in [-0.1, -0.05) is 18.1 Å². The Morgan fingerprint density at radius 2 is 2.25 bits per heavy atom. The fourth-order valence-corrected chi connectivity index (χ4v) is 1.60. The van der Waals surface area contributed by atoms with Crippen LogP contribution in [0.4, 0.5) is 4.39 Å². The highest BCUT2D eigenvalue weighted by Crippen LogP contribution is 2.28. The topological polar surface area (TPSA) is 13.1 Å². The molecule has 0 bridgehead atoms. The van der Waals surface area contributed by atoms with Gasteiger partial charge in [0, 0.05) is 16.5 Å². The summed E-state index contributed by atoms with van der Waals surface area (Å²) in [6, 6.07) is 4.88. The van der Waals surface area contributed by atoms with Crippen molar-refractivity contribution in [1.82, 2.24) is 0 Å². The minimum atomic E-state index is -0.349. The van der Waals surface area contributed by atoms with Crippen LogP contribution < -0.4 is 0 Å². The van der Waals surface area contributed by atoms with Gasteiger partial charge in [-0.3, -0.25) is 0 Å². The molecule has 1 aromatic carbocycles. The lowest BCUT2D eigenvalue weighted by molar-refractivity contribution is 0.552. The van der Waals surface area contributed by atoms with E-state index in [2.05, 4.69) is 5.92 Å². The summed E-state index contributed by atoms with van der Waals surface area (Å²) in [4.78, 5) is 0. The Morgan fingerprint density at radius 1 is 1.50 bits per heavy atom. The van der Waals surface area contributed by atoms with E-state index in [4.69, 9.17) is 10.8 Å². The molecule has 2 aromatic rings. The van der Waals surface area contributed by atoms with Gasteiger partial charge >= 0.3 is 0 Å². The number of hydrogen-bond acceptors (Lipinski definition) is 1. The zero-order valence-electron chi connectivity index (χ0n) is 9.17. The maximum absolute atomic E-state index is 13.4. The molecule has 80 valence electrons. The number of fused-ring (bicyclic) bond motifs is 1. The molecule has 0 aliphatic carbocycles. The number of benzene rings is 1. The van der Waals surface area contributed by atoms with Crippen LogP contribution in [0.5, 0.6) is 0 Å². The van der Waals surface area contributed by atoms with Gasteiger partial charge in [-0.25, -0.2) is 4.39 Å². The Morgan fingerprint density at radius 3 is 2.88 bits per heavy atom. The van der Waals surface area contributed by atoms with Crippen LogP contribution >= 0.6 is 0 Å². The average molecular weight is 214 g/mol. The van der Waals surface area contributed by atoms with Crippen LogP contribution in [0.15, 0.2) is 28.2 Å². The minimum Gasteiger partial charge on any atom is -0.453 e. The van der Waals surface area contributed by atoms with Gasteiger partial charge in [-0.2, -0.15) is 0 Å². The van der Waals surface area contributed by atoms with Crippen molar-refractivity contribution in [2.24, 2.45) is 0 Å². The van der Waals surface area contributed by atoms with E-state index in [1.54, 1.807) is 12.1 Å². The number of para-hydroxylation sites is 1. The Hall–Kier alpha value is -2.01. The molecule has 0 fully saturated rings. The van der Waals surface area contributed by atoms with Gasteiger partial charge < -0.3 is 4.42 Å². The van der Waals surface area contributed by atoms with E-state index in [1.807, 2.05) is 19.9 Å². The monoisotopic (exact) mass is 214 g/mol. The molecular weight excluding hydrogens is 203 g/mol. The van der Waals surface area contributed by atoms with Crippen LogP contribution in [0.1, 0.15) is 18.2 Å². The van der Waals surface area contributed by atoms with Crippen molar-refractivity contribution in [3.05, 3.63) is 40.9 Å². The second-order valence-electron chi connectivity index (χ2n) is 3.68. The van der Waals surface area contributed by atoms with Crippen molar-refractivity contribution < 1.29 is 8.81 Å². The van der Waals surface area contributed by atoms with Gasteiger partial charge in [0.05, 0.1) is 0 Å². The average Bonchev–Trinajstić information content (AvgIpc) is 2.58. The standard InChI is InChI=1S/C14H11FO/c1-4-9(2)8-13-10(3)11-6-5-7-12(15)14(11)16-13/h1,5-8H,2-3H3/b9-8-. The third-order valence-corrected chi connectivity index (χ3v) is 2.53. The number of allylic oxidation sites excluding steroid dienone is 1. The van der Waals surface area contributed by atoms with E-state index in [1.165, 1.54) is 6.07 Å². The van der Waals surface area contributed by atoms with Gasteiger partial charge in [0.1, 0.15) is 5.76 Å². The number of hydrogen-bond donors (Lipinski definition) is 0. The first kappa shape index (κ1) is 10.5. The quantitative estimate of drug-likeness (QED) is 0.656. The molecular formula is C14H11FO. The summed E-state index contributed by atoms with van der Waals surface area (Å²) < 4.78 is 18.9. The lowest BCUT2D eigenvalue weighted by atomic mass is 10.1. The molecule has 16 heavy (non-hydrogen) atoms. The molecule has 2 rings (SSSR count). The lowest BCUT2D eigenvalue weighted by Crippen LogP contribution is -1.75. The van der Waals surface area contributed by atoms with Crippen molar-refractivity contribution in [1.29, 1.82) is 0 Å². The smallest absolute Gasteiger partial charge is 0.170 e. The zero-order chi connectivity index (χ0) is 11.7. The summed E-state index contributed by atoms with van der Waals surface area (Å²) in [5.41, 5.74) is 1.95. The van der Waals surface area contributed by atoms with Crippen LogP contribution in [0.3, 0.4) is 0 Å². The van der Waals surface area contributed by atoms with Crippen LogP contribution in [-0.2, 0) is 0 Å². The van der Waals surface area contributed by atoms with Crippen molar-refractivity contribution in [3.63, 3.8) is 0 Å². The highest BCUT2D eigenvalue weighted by Gasteiger charge is 2.11. The van der Waals surface area contributed by atoms with Crippen molar-refractivity contribution in [2.45, 2.75) is 13.8 Å². The summed E-state index contributed by atoms with van der Waals surface area (Å²) in [5, 5.41) is 0.788. The molecule has 1 heterocycles. The van der Waals surface area contributed by atoms with Crippen LogP contribution in [0, 0.1) is 25.1 Å². The number of rotatable bonds is 1. The highest BCUT2D eigenvalue weighted by molar-refractivity contribution is 5.85. The van der Waals surface area contributed by atoms with Gasteiger partial charge in [0.15, 0.2) is 11.4 Å². The molecule has 0 saturated carbocycles. The number of furan rings is 1. The first-order chi connectivity index (χ1) is 7.63. The molecule has 0 spiro atoms. The Labute approximate surface area is 93.6 Å². The predicted octanol–water partition coefficient (Wildman–Crippen LogP) is 3.92. The van der Waals surface area contributed by atoms with E-state index in [0.29, 0.717) is 5.76 Å². The third-order valence-electron chi connectivity index (χ3n) is 2.53.